The second kappa shape index (κ2) is 9.36. The number of esters is 1. The molecule has 0 atom stereocenters. The van der Waals surface area contributed by atoms with Crippen molar-refractivity contribution in [3.05, 3.63) is 24.3 Å². The summed E-state index contributed by atoms with van der Waals surface area (Å²) >= 11 is 0. The molecule has 4 nitrogen and oxygen atoms in total. The predicted molar refractivity (Wildman–Crippen MR) is 74.8 cm³/mol. The fraction of sp³-hybridized carbons (Fsp3) is 0.600. The van der Waals surface area contributed by atoms with Crippen LogP contribution in [0, 0.1) is 5.92 Å². The maximum Gasteiger partial charge on any atom is 0.338 e. The third kappa shape index (κ3) is 8.19. The Kier molecular flexibility index (Phi) is 8.58. The molecular weight excluding hydrogens is 244 g/mol. The van der Waals surface area contributed by atoms with Crippen molar-refractivity contribution in [3.63, 3.8) is 0 Å². The number of hydrogen-bond donors (Lipinski definition) is 1. The van der Waals surface area contributed by atoms with Gasteiger partial charge in [0.15, 0.2) is 0 Å². The van der Waals surface area contributed by atoms with E-state index in [1.54, 1.807) is 0 Å². The first kappa shape index (κ1) is 17.4. The summed E-state index contributed by atoms with van der Waals surface area (Å²) in [7, 11) is 0. The molecule has 0 radical (unpaired) electrons. The van der Waals surface area contributed by atoms with E-state index in [2.05, 4.69) is 27.0 Å². The average Bonchev–Trinajstić information content (AvgIpc) is 2.34. The molecule has 0 saturated carbocycles. The maximum absolute atomic E-state index is 11.4. The van der Waals surface area contributed by atoms with Crippen LogP contribution in [0.15, 0.2) is 24.3 Å². The lowest BCUT2D eigenvalue weighted by atomic mass is 10.0. The number of aliphatic carboxylic acids is 1. The van der Waals surface area contributed by atoms with Crippen molar-refractivity contribution in [2.75, 3.05) is 6.61 Å². The number of carboxylic acids is 1. The SMILES string of the molecule is C=C(C(=C)C(=O)OCCCCCCC(C)C)C(=O)O. The molecule has 0 aliphatic carbocycles. The lowest BCUT2D eigenvalue weighted by Crippen LogP contribution is -2.13. The number of carboxylic acid groups (broad SMARTS) is 1. The number of hydrogen-bond acceptors (Lipinski definition) is 3. The summed E-state index contributed by atoms with van der Waals surface area (Å²) < 4.78 is 4.94. The standard InChI is InChI=1S/C15H24O4/c1-11(2)9-7-5-6-8-10-19-15(18)13(4)12(3)14(16)17/h11H,3-10H2,1-2H3,(H,16,17). The Morgan fingerprint density at radius 2 is 1.63 bits per heavy atom. The second-order valence-corrected chi connectivity index (χ2v) is 4.99. The first-order valence-electron chi connectivity index (χ1n) is 6.64. The Hall–Kier alpha value is -1.58. The van der Waals surface area contributed by atoms with Gasteiger partial charge in [-0.15, -0.1) is 0 Å². The van der Waals surface area contributed by atoms with Crippen LogP contribution in [0.25, 0.3) is 0 Å². The van der Waals surface area contributed by atoms with Crippen LogP contribution >= 0.6 is 0 Å². The highest BCUT2D eigenvalue weighted by Crippen LogP contribution is 2.11. The summed E-state index contributed by atoms with van der Waals surface area (Å²) in [4.78, 5) is 22.0. The van der Waals surface area contributed by atoms with Crippen LogP contribution in [0.5, 0.6) is 0 Å². The zero-order chi connectivity index (χ0) is 14.8. The molecule has 0 fully saturated rings. The predicted octanol–water partition coefficient (Wildman–Crippen LogP) is 3.33. The Balaban J connectivity index is 3.67. The van der Waals surface area contributed by atoms with Gasteiger partial charge in [-0.2, -0.15) is 0 Å². The molecule has 0 saturated heterocycles. The van der Waals surface area contributed by atoms with E-state index in [-0.39, 0.29) is 11.1 Å². The van der Waals surface area contributed by atoms with E-state index in [4.69, 9.17) is 9.84 Å². The van der Waals surface area contributed by atoms with E-state index in [0.717, 1.165) is 25.2 Å². The van der Waals surface area contributed by atoms with Gasteiger partial charge >= 0.3 is 11.9 Å². The fourth-order valence-electron chi connectivity index (χ4n) is 1.51. The zero-order valence-electron chi connectivity index (χ0n) is 11.9. The van der Waals surface area contributed by atoms with Gasteiger partial charge < -0.3 is 9.84 Å². The van der Waals surface area contributed by atoms with Gasteiger partial charge in [0, 0.05) is 0 Å². The molecule has 0 aromatic rings. The van der Waals surface area contributed by atoms with Gasteiger partial charge in [-0.05, 0) is 12.3 Å². The number of carbonyl (C=O) groups excluding carboxylic acids is 1. The van der Waals surface area contributed by atoms with Gasteiger partial charge in [0.25, 0.3) is 0 Å². The third-order valence-electron chi connectivity index (χ3n) is 2.78. The summed E-state index contributed by atoms with van der Waals surface area (Å²) in [6.45, 7) is 11.3. The van der Waals surface area contributed by atoms with Crippen molar-refractivity contribution in [2.24, 2.45) is 5.92 Å². The van der Waals surface area contributed by atoms with Crippen LogP contribution in [0.3, 0.4) is 0 Å². The average molecular weight is 268 g/mol. The zero-order valence-corrected chi connectivity index (χ0v) is 11.9. The van der Waals surface area contributed by atoms with Gasteiger partial charge in [0.05, 0.1) is 17.8 Å². The molecule has 0 amide bonds. The monoisotopic (exact) mass is 268 g/mol. The van der Waals surface area contributed by atoms with Crippen LogP contribution in [0.2, 0.25) is 0 Å². The molecule has 0 spiro atoms. The summed E-state index contributed by atoms with van der Waals surface area (Å²) in [6.07, 6.45) is 5.32. The summed E-state index contributed by atoms with van der Waals surface area (Å²) in [5.41, 5.74) is -0.505. The molecule has 0 bridgehead atoms. The van der Waals surface area contributed by atoms with E-state index in [9.17, 15) is 9.59 Å². The minimum atomic E-state index is -1.25. The van der Waals surface area contributed by atoms with E-state index >= 15 is 0 Å². The number of carbonyl (C=O) groups is 2. The van der Waals surface area contributed by atoms with Crippen molar-refractivity contribution < 1.29 is 19.4 Å². The summed E-state index contributed by atoms with van der Waals surface area (Å²) in [5, 5.41) is 8.65. The quantitative estimate of drug-likeness (QED) is 0.286. The molecular formula is C15H24O4. The van der Waals surface area contributed by atoms with Crippen LogP contribution in [0.4, 0.5) is 0 Å². The Labute approximate surface area is 115 Å². The van der Waals surface area contributed by atoms with Gasteiger partial charge in [-0.25, -0.2) is 9.59 Å². The van der Waals surface area contributed by atoms with Crippen LogP contribution in [-0.2, 0) is 14.3 Å². The molecule has 0 aliphatic heterocycles. The summed E-state index contributed by atoms with van der Waals surface area (Å²) in [5.74, 6) is -1.23. The van der Waals surface area contributed by atoms with Crippen LogP contribution in [0.1, 0.15) is 46.0 Å². The Morgan fingerprint density at radius 3 is 2.16 bits per heavy atom. The topological polar surface area (TPSA) is 63.6 Å². The highest BCUT2D eigenvalue weighted by Gasteiger charge is 2.16. The number of rotatable bonds is 10. The highest BCUT2D eigenvalue weighted by atomic mass is 16.5. The molecule has 4 heteroatoms. The van der Waals surface area contributed by atoms with Gasteiger partial charge in [-0.3, -0.25) is 0 Å². The molecule has 1 N–H and O–H groups in total. The van der Waals surface area contributed by atoms with Crippen molar-refractivity contribution in [3.8, 4) is 0 Å². The van der Waals surface area contributed by atoms with Crippen molar-refractivity contribution in [1.29, 1.82) is 0 Å². The normalized spacial score (nSPS) is 10.3. The van der Waals surface area contributed by atoms with E-state index < -0.39 is 11.9 Å². The molecule has 108 valence electrons. The molecule has 0 rings (SSSR count). The molecule has 0 aromatic carbocycles. The smallest absolute Gasteiger partial charge is 0.338 e. The van der Waals surface area contributed by atoms with Crippen LogP contribution < -0.4 is 0 Å². The second-order valence-electron chi connectivity index (χ2n) is 4.99. The molecule has 0 aromatic heterocycles. The van der Waals surface area contributed by atoms with E-state index in [1.165, 1.54) is 12.8 Å². The van der Waals surface area contributed by atoms with Crippen molar-refractivity contribution >= 4 is 11.9 Å². The minimum Gasteiger partial charge on any atom is -0.478 e. The highest BCUT2D eigenvalue weighted by molar-refractivity contribution is 6.05. The van der Waals surface area contributed by atoms with Crippen LogP contribution in [-0.4, -0.2) is 23.7 Å². The minimum absolute atomic E-state index is 0.188. The first-order chi connectivity index (χ1) is 8.86. The fourth-order valence-corrected chi connectivity index (χ4v) is 1.51. The van der Waals surface area contributed by atoms with Gasteiger partial charge in [0.2, 0.25) is 0 Å². The number of ether oxygens (including phenoxy) is 1. The lowest BCUT2D eigenvalue weighted by Gasteiger charge is -2.07. The van der Waals surface area contributed by atoms with E-state index in [0.29, 0.717) is 6.61 Å². The van der Waals surface area contributed by atoms with Crippen molar-refractivity contribution in [2.45, 2.75) is 46.0 Å². The molecule has 0 unspecified atom stereocenters. The lowest BCUT2D eigenvalue weighted by molar-refractivity contribution is -0.140. The van der Waals surface area contributed by atoms with Gasteiger partial charge in [-0.1, -0.05) is 52.7 Å². The summed E-state index contributed by atoms with van der Waals surface area (Å²) in [6, 6.07) is 0. The maximum atomic E-state index is 11.4. The molecule has 0 aliphatic rings. The Morgan fingerprint density at radius 1 is 1.05 bits per heavy atom. The molecule has 0 heterocycles. The first-order valence-corrected chi connectivity index (χ1v) is 6.64. The third-order valence-corrected chi connectivity index (χ3v) is 2.78. The Bertz CT molecular complexity index is 342. The molecule has 19 heavy (non-hydrogen) atoms. The van der Waals surface area contributed by atoms with Crippen molar-refractivity contribution in [1.82, 2.24) is 0 Å². The largest absolute Gasteiger partial charge is 0.478 e. The number of unbranched alkanes of at least 4 members (excludes halogenated alkanes) is 3. The van der Waals surface area contributed by atoms with E-state index in [1.807, 2.05) is 0 Å². The van der Waals surface area contributed by atoms with Gasteiger partial charge in [0.1, 0.15) is 0 Å².